The zero-order valence-corrected chi connectivity index (χ0v) is 13.3. The molecule has 0 aliphatic heterocycles. The second-order valence-electron chi connectivity index (χ2n) is 4.73. The van der Waals surface area contributed by atoms with Crippen molar-refractivity contribution < 1.29 is 0 Å². The fraction of sp³-hybridized carbons (Fsp3) is 0.133. The maximum Gasteiger partial charge on any atom is 0.159 e. The Morgan fingerprint density at radius 1 is 1.05 bits per heavy atom. The highest BCUT2D eigenvalue weighted by Crippen LogP contribution is 2.19. The van der Waals surface area contributed by atoms with Crippen LogP contribution in [0.15, 0.2) is 47.2 Å². The summed E-state index contributed by atoms with van der Waals surface area (Å²) < 4.78 is 2.85. The molecule has 0 aliphatic carbocycles. The summed E-state index contributed by atoms with van der Waals surface area (Å²) in [6, 6.07) is 11.8. The van der Waals surface area contributed by atoms with Gasteiger partial charge in [-0.15, -0.1) is 0 Å². The molecule has 0 spiro atoms. The van der Waals surface area contributed by atoms with Crippen LogP contribution in [0.2, 0.25) is 0 Å². The SMILES string of the molecule is Cc1cc(C)n(-c2cc(Nc3ccc(Br)cc3)ncn2)n1. The third-order valence-corrected chi connectivity index (χ3v) is 3.52. The molecule has 3 rings (SSSR count). The second kappa shape index (κ2) is 5.65. The van der Waals surface area contributed by atoms with E-state index in [2.05, 4.69) is 36.3 Å². The van der Waals surface area contributed by atoms with Crippen LogP contribution in [-0.4, -0.2) is 19.7 Å². The Labute approximate surface area is 131 Å². The van der Waals surface area contributed by atoms with Crippen molar-refractivity contribution >= 4 is 27.4 Å². The number of hydrogen-bond acceptors (Lipinski definition) is 4. The van der Waals surface area contributed by atoms with E-state index in [1.807, 2.05) is 54.9 Å². The molecule has 106 valence electrons. The van der Waals surface area contributed by atoms with Crippen molar-refractivity contribution in [1.29, 1.82) is 0 Å². The van der Waals surface area contributed by atoms with Crippen LogP contribution in [-0.2, 0) is 0 Å². The Kier molecular flexibility index (Phi) is 3.70. The molecule has 3 aromatic rings. The van der Waals surface area contributed by atoms with Crippen molar-refractivity contribution in [3.63, 3.8) is 0 Å². The lowest BCUT2D eigenvalue weighted by Gasteiger charge is -2.08. The zero-order valence-electron chi connectivity index (χ0n) is 11.7. The Balaban J connectivity index is 1.89. The molecule has 2 aromatic heterocycles. The quantitative estimate of drug-likeness (QED) is 0.786. The number of benzene rings is 1. The monoisotopic (exact) mass is 343 g/mol. The first-order chi connectivity index (χ1) is 10.1. The molecule has 0 aliphatic rings. The lowest BCUT2D eigenvalue weighted by atomic mass is 10.3. The summed E-state index contributed by atoms with van der Waals surface area (Å²) in [6.07, 6.45) is 1.53. The summed E-state index contributed by atoms with van der Waals surface area (Å²) in [7, 11) is 0. The fourth-order valence-electron chi connectivity index (χ4n) is 2.07. The van der Waals surface area contributed by atoms with E-state index in [0.29, 0.717) is 0 Å². The number of hydrogen-bond donors (Lipinski definition) is 1. The molecule has 2 heterocycles. The Morgan fingerprint density at radius 3 is 2.48 bits per heavy atom. The van der Waals surface area contributed by atoms with Crippen LogP contribution >= 0.6 is 15.9 Å². The third kappa shape index (κ3) is 3.11. The van der Waals surface area contributed by atoms with E-state index in [9.17, 15) is 0 Å². The minimum absolute atomic E-state index is 0.731. The Bertz CT molecular complexity index is 764. The third-order valence-electron chi connectivity index (χ3n) is 3.00. The molecule has 6 heteroatoms. The molecule has 0 saturated carbocycles. The highest BCUT2D eigenvalue weighted by atomic mass is 79.9. The second-order valence-corrected chi connectivity index (χ2v) is 5.65. The van der Waals surface area contributed by atoms with E-state index in [0.717, 1.165) is 33.2 Å². The summed E-state index contributed by atoms with van der Waals surface area (Å²) >= 11 is 3.42. The van der Waals surface area contributed by atoms with Gasteiger partial charge in [0, 0.05) is 21.9 Å². The van der Waals surface area contributed by atoms with Crippen molar-refractivity contribution in [3.8, 4) is 5.82 Å². The largest absolute Gasteiger partial charge is 0.340 e. The summed E-state index contributed by atoms with van der Waals surface area (Å²) in [5.74, 6) is 1.48. The predicted molar refractivity (Wildman–Crippen MR) is 86.1 cm³/mol. The van der Waals surface area contributed by atoms with Crippen molar-refractivity contribution in [3.05, 3.63) is 58.6 Å². The lowest BCUT2D eigenvalue weighted by Crippen LogP contribution is -2.04. The average molecular weight is 344 g/mol. The number of nitrogens with one attached hydrogen (secondary N) is 1. The van der Waals surface area contributed by atoms with Crippen LogP contribution in [0.3, 0.4) is 0 Å². The van der Waals surface area contributed by atoms with Gasteiger partial charge in [-0.25, -0.2) is 14.6 Å². The smallest absolute Gasteiger partial charge is 0.159 e. The maximum atomic E-state index is 4.43. The van der Waals surface area contributed by atoms with Crippen LogP contribution < -0.4 is 5.32 Å². The number of nitrogens with zero attached hydrogens (tertiary/aromatic N) is 4. The minimum atomic E-state index is 0.731. The van der Waals surface area contributed by atoms with Gasteiger partial charge in [0.25, 0.3) is 0 Å². The maximum absolute atomic E-state index is 4.43. The van der Waals surface area contributed by atoms with Gasteiger partial charge >= 0.3 is 0 Å². The van der Waals surface area contributed by atoms with Gasteiger partial charge < -0.3 is 5.32 Å². The number of halogens is 1. The number of aryl methyl sites for hydroxylation is 2. The van der Waals surface area contributed by atoms with Gasteiger partial charge in [0.2, 0.25) is 0 Å². The van der Waals surface area contributed by atoms with Crippen LogP contribution in [0.25, 0.3) is 5.82 Å². The molecule has 0 saturated heterocycles. The zero-order chi connectivity index (χ0) is 14.8. The summed E-state index contributed by atoms with van der Waals surface area (Å²) in [6.45, 7) is 3.97. The van der Waals surface area contributed by atoms with Gasteiger partial charge in [-0.1, -0.05) is 15.9 Å². The Hall–Kier alpha value is -2.21. The summed E-state index contributed by atoms with van der Waals surface area (Å²) in [5.41, 5.74) is 2.98. The average Bonchev–Trinajstić information content (AvgIpc) is 2.81. The van der Waals surface area contributed by atoms with E-state index in [1.165, 1.54) is 6.33 Å². The predicted octanol–water partition coefficient (Wildman–Crippen LogP) is 3.79. The standard InChI is InChI=1S/C15H14BrN5/c1-10-7-11(2)21(20-10)15-8-14(17-9-18-15)19-13-5-3-12(16)4-6-13/h3-9H,1-2H3,(H,17,18,19). The molecule has 21 heavy (non-hydrogen) atoms. The van der Waals surface area contributed by atoms with Crippen LogP contribution in [0.4, 0.5) is 11.5 Å². The molecule has 5 nitrogen and oxygen atoms in total. The van der Waals surface area contributed by atoms with E-state index in [1.54, 1.807) is 0 Å². The van der Waals surface area contributed by atoms with Crippen LogP contribution in [0.1, 0.15) is 11.4 Å². The van der Waals surface area contributed by atoms with Crippen molar-refractivity contribution in [2.24, 2.45) is 0 Å². The molecular formula is C15H14BrN5. The Morgan fingerprint density at radius 2 is 1.81 bits per heavy atom. The molecule has 0 atom stereocenters. The van der Waals surface area contributed by atoms with Crippen LogP contribution in [0, 0.1) is 13.8 Å². The number of aromatic nitrogens is 4. The van der Waals surface area contributed by atoms with Crippen molar-refractivity contribution in [1.82, 2.24) is 19.7 Å². The highest BCUT2D eigenvalue weighted by molar-refractivity contribution is 9.10. The topological polar surface area (TPSA) is 55.6 Å². The first-order valence-electron chi connectivity index (χ1n) is 6.50. The van der Waals surface area contributed by atoms with Gasteiger partial charge in [-0.2, -0.15) is 5.10 Å². The summed E-state index contributed by atoms with van der Waals surface area (Å²) in [5, 5.41) is 7.69. The fourth-order valence-corrected chi connectivity index (χ4v) is 2.34. The first-order valence-corrected chi connectivity index (χ1v) is 7.29. The summed E-state index contributed by atoms with van der Waals surface area (Å²) in [4.78, 5) is 8.53. The van der Waals surface area contributed by atoms with Gasteiger partial charge in [0.1, 0.15) is 12.1 Å². The molecule has 0 bridgehead atoms. The highest BCUT2D eigenvalue weighted by Gasteiger charge is 2.06. The van der Waals surface area contributed by atoms with E-state index < -0.39 is 0 Å². The van der Waals surface area contributed by atoms with Gasteiger partial charge in [0.15, 0.2) is 5.82 Å². The molecular weight excluding hydrogens is 330 g/mol. The van der Waals surface area contributed by atoms with Gasteiger partial charge in [-0.3, -0.25) is 0 Å². The molecule has 0 amide bonds. The first kappa shape index (κ1) is 13.8. The molecule has 0 fully saturated rings. The lowest BCUT2D eigenvalue weighted by molar-refractivity contribution is 0.801. The molecule has 0 radical (unpaired) electrons. The number of rotatable bonds is 3. The molecule has 1 aromatic carbocycles. The van der Waals surface area contributed by atoms with E-state index >= 15 is 0 Å². The molecule has 1 N–H and O–H groups in total. The van der Waals surface area contributed by atoms with E-state index in [-0.39, 0.29) is 0 Å². The normalized spacial score (nSPS) is 10.6. The van der Waals surface area contributed by atoms with Gasteiger partial charge in [0.05, 0.1) is 5.69 Å². The van der Waals surface area contributed by atoms with Crippen molar-refractivity contribution in [2.75, 3.05) is 5.32 Å². The van der Waals surface area contributed by atoms with Gasteiger partial charge in [-0.05, 0) is 44.2 Å². The van der Waals surface area contributed by atoms with Crippen LogP contribution in [0.5, 0.6) is 0 Å². The molecule has 0 unspecified atom stereocenters. The van der Waals surface area contributed by atoms with E-state index in [4.69, 9.17) is 0 Å². The minimum Gasteiger partial charge on any atom is -0.340 e. The van der Waals surface area contributed by atoms with Crippen molar-refractivity contribution in [2.45, 2.75) is 13.8 Å². The number of anilines is 2.